The van der Waals surface area contributed by atoms with Crippen molar-refractivity contribution >= 4 is 39.5 Å². The molecule has 0 aromatic heterocycles. The molecule has 94 heavy (non-hydrogen) atoms. The van der Waals surface area contributed by atoms with E-state index in [1.165, 1.54) is 38.5 Å². The number of ether oxygens (including phenoxy) is 4. The lowest BCUT2D eigenvalue weighted by Gasteiger charge is -2.21. The Kier molecular flexibility index (Phi) is 65.1. The quantitative estimate of drug-likeness (QED) is 0.0169. The maximum Gasteiger partial charge on any atom is 0.472 e. The molecule has 0 heterocycles. The van der Waals surface area contributed by atoms with Crippen LogP contribution in [0.5, 0.6) is 0 Å². The van der Waals surface area contributed by atoms with Gasteiger partial charge >= 0.3 is 39.5 Å². The van der Waals surface area contributed by atoms with Gasteiger partial charge in [-0.25, -0.2) is 9.13 Å². The summed E-state index contributed by atoms with van der Waals surface area (Å²) >= 11 is 0. The lowest BCUT2D eigenvalue weighted by atomic mass is 10.1. The number of phosphoric acid groups is 2. The predicted octanol–water partition coefficient (Wildman–Crippen LogP) is 20.7. The molecule has 0 aromatic rings. The Hall–Kier alpha value is -3.76. The highest BCUT2D eigenvalue weighted by molar-refractivity contribution is 7.47. The average Bonchev–Trinajstić information content (AvgIpc) is 2.15. The number of allylic oxidation sites excluding steroid dienone is 14. The van der Waals surface area contributed by atoms with Crippen molar-refractivity contribution in [1.29, 1.82) is 0 Å². The minimum absolute atomic E-state index is 0.0773. The van der Waals surface area contributed by atoms with E-state index in [4.69, 9.17) is 37.0 Å². The van der Waals surface area contributed by atoms with Crippen molar-refractivity contribution in [1.82, 2.24) is 0 Å². The number of rotatable bonds is 69. The van der Waals surface area contributed by atoms with Crippen LogP contribution in [0.25, 0.3) is 0 Å². The third kappa shape index (κ3) is 66.8. The number of carbonyl (C=O) groups is 4. The molecule has 19 heteroatoms. The van der Waals surface area contributed by atoms with E-state index in [-0.39, 0.29) is 25.7 Å². The summed E-state index contributed by atoms with van der Waals surface area (Å²) < 4.78 is 68.3. The molecule has 0 aromatic carbocycles. The summed E-state index contributed by atoms with van der Waals surface area (Å²) in [6.07, 6.45) is 67.3. The normalized spacial score (nSPS) is 14.5. The summed E-state index contributed by atoms with van der Waals surface area (Å²) in [5.74, 6) is -2.20. The molecule has 0 saturated carbocycles. The van der Waals surface area contributed by atoms with E-state index in [0.29, 0.717) is 25.7 Å². The summed E-state index contributed by atoms with van der Waals surface area (Å²) in [5.41, 5.74) is 0. The van der Waals surface area contributed by atoms with Gasteiger partial charge in [0, 0.05) is 25.7 Å². The minimum Gasteiger partial charge on any atom is -0.462 e. The highest BCUT2D eigenvalue weighted by atomic mass is 31.2. The number of aliphatic hydroxyl groups is 1. The Bertz CT molecular complexity index is 2120. The van der Waals surface area contributed by atoms with Crippen molar-refractivity contribution in [3.63, 3.8) is 0 Å². The van der Waals surface area contributed by atoms with E-state index in [9.17, 15) is 43.2 Å². The Morgan fingerprint density at radius 2 is 0.574 bits per heavy atom. The molecule has 5 unspecified atom stereocenters. The maximum absolute atomic E-state index is 13.0. The van der Waals surface area contributed by atoms with Crippen molar-refractivity contribution in [3.8, 4) is 0 Å². The first-order valence-corrected chi connectivity index (χ1v) is 39.8. The molecule has 0 saturated heterocycles. The van der Waals surface area contributed by atoms with E-state index < -0.39 is 97.5 Å². The molecule has 0 spiro atoms. The lowest BCUT2D eigenvalue weighted by molar-refractivity contribution is -0.161. The van der Waals surface area contributed by atoms with E-state index in [1.807, 2.05) is 0 Å². The largest absolute Gasteiger partial charge is 0.472 e. The molecule has 0 rings (SSSR count). The molecule has 0 fully saturated rings. The van der Waals surface area contributed by atoms with E-state index in [0.717, 1.165) is 193 Å². The molecule has 0 bridgehead atoms. The fraction of sp³-hybridized carbons (Fsp3) is 0.760. The number of phosphoric ester groups is 2. The zero-order valence-electron chi connectivity index (χ0n) is 59.1. The van der Waals surface area contributed by atoms with Crippen molar-refractivity contribution in [2.24, 2.45) is 0 Å². The fourth-order valence-electron chi connectivity index (χ4n) is 9.72. The second-order valence-electron chi connectivity index (χ2n) is 24.5. The Labute approximate surface area is 570 Å². The van der Waals surface area contributed by atoms with Crippen molar-refractivity contribution in [2.45, 2.75) is 329 Å². The Balaban J connectivity index is 5.31. The fourth-order valence-corrected chi connectivity index (χ4v) is 11.3. The molecule has 0 aliphatic carbocycles. The summed E-state index contributed by atoms with van der Waals surface area (Å²) in [7, 11) is -9.94. The van der Waals surface area contributed by atoms with Gasteiger partial charge in [0.05, 0.1) is 26.4 Å². The molecule has 544 valence electrons. The topological polar surface area (TPSA) is 237 Å². The predicted molar refractivity (Wildman–Crippen MR) is 381 cm³/mol. The highest BCUT2D eigenvalue weighted by Crippen LogP contribution is 2.45. The van der Waals surface area contributed by atoms with Gasteiger partial charge in [-0.15, -0.1) is 0 Å². The van der Waals surface area contributed by atoms with Crippen LogP contribution in [-0.2, 0) is 65.4 Å². The molecular weight excluding hydrogens is 1230 g/mol. The first-order chi connectivity index (χ1) is 45.7. The first-order valence-electron chi connectivity index (χ1n) is 36.8. The summed E-state index contributed by atoms with van der Waals surface area (Å²) in [6.45, 7) is 4.60. The van der Waals surface area contributed by atoms with Crippen LogP contribution in [0.2, 0.25) is 0 Å². The first kappa shape index (κ1) is 90.2. The van der Waals surface area contributed by atoms with Gasteiger partial charge in [0.2, 0.25) is 0 Å². The van der Waals surface area contributed by atoms with Crippen LogP contribution >= 0.6 is 15.6 Å². The van der Waals surface area contributed by atoms with Crippen LogP contribution < -0.4 is 0 Å². The van der Waals surface area contributed by atoms with Gasteiger partial charge in [-0.1, -0.05) is 260 Å². The second kappa shape index (κ2) is 67.8. The zero-order valence-corrected chi connectivity index (χ0v) is 60.9. The zero-order chi connectivity index (χ0) is 69.0. The number of hydrogen-bond acceptors (Lipinski definition) is 15. The number of carbonyl (C=O) groups excluding carboxylic acids is 4. The minimum atomic E-state index is -4.97. The number of esters is 4. The van der Waals surface area contributed by atoms with Crippen molar-refractivity contribution < 1.29 is 80.2 Å². The van der Waals surface area contributed by atoms with E-state index >= 15 is 0 Å². The van der Waals surface area contributed by atoms with Gasteiger partial charge in [0.15, 0.2) is 12.2 Å². The molecule has 3 N–H and O–H groups in total. The van der Waals surface area contributed by atoms with Crippen molar-refractivity contribution in [3.05, 3.63) is 85.1 Å². The maximum atomic E-state index is 13.0. The second-order valence-corrected chi connectivity index (χ2v) is 27.4. The van der Waals surface area contributed by atoms with Gasteiger partial charge in [-0.2, -0.15) is 0 Å². The van der Waals surface area contributed by atoms with Crippen LogP contribution in [-0.4, -0.2) is 96.7 Å². The molecule has 0 aliphatic rings. The average molecular weight is 1370 g/mol. The lowest BCUT2D eigenvalue weighted by Crippen LogP contribution is -2.30. The third-order valence-corrected chi connectivity index (χ3v) is 17.2. The van der Waals surface area contributed by atoms with Crippen LogP contribution in [0.15, 0.2) is 85.1 Å². The number of unbranched alkanes of at least 4 members (excludes halogenated alkanes) is 29. The van der Waals surface area contributed by atoms with E-state index in [2.05, 4.69) is 113 Å². The number of hydrogen-bond donors (Lipinski definition) is 3. The van der Waals surface area contributed by atoms with Crippen LogP contribution in [0, 0.1) is 0 Å². The SMILES string of the molecule is CC/C=C\C/C=C\C/C=C\CCCCCCCCCC(=O)OCC(COP(=O)(O)OCC(O)COP(=O)(O)OCC(COC(=O)CCCCCCC/C=C\C/C=C\CCC)OC(=O)CCCCCCCCCCCCC)OC(=O)CCCCCCC/C=C\C/C=C\CCC. The van der Waals surface area contributed by atoms with Gasteiger partial charge < -0.3 is 33.8 Å². The summed E-state index contributed by atoms with van der Waals surface area (Å²) in [6, 6.07) is 0. The molecule has 0 aliphatic heterocycles. The monoisotopic (exact) mass is 1370 g/mol. The Morgan fingerprint density at radius 3 is 0.894 bits per heavy atom. The van der Waals surface area contributed by atoms with Crippen LogP contribution in [0.3, 0.4) is 0 Å². The number of aliphatic hydroxyl groups excluding tert-OH is 1. The van der Waals surface area contributed by atoms with Gasteiger partial charge in [-0.3, -0.25) is 37.3 Å². The molecular formula is C75H132O17P2. The standard InChI is InChI=1S/C75H132O17P2/c1-5-9-13-17-21-25-29-32-33-34-35-38-41-44-48-52-56-60-73(78)86-66-71(92-75(80)62-58-54-50-46-42-37-31-27-23-19-15-11-7-3)68-90-94(83,84)88-64-69(76)63-87-93(81,82)89-67-70(91-74(79)61-57-53-49-45-39-28-24-20-16-12-8-4)65-85-72(77)59-55-51-47-43-40-36-30-26-22-18-14-10-6-2/h9,13-15,18-19,21,25-27,30-33,69-71,76H,5-8,10-12,16-17,20,22-24,28-29,34-68H2,1-4H3,(H,81,82)(H,83,84)/b13-9-,18-14-,19-15-,25-21-,30-26-,31-27-,33-32-. The van der Waals surface area contributed by atoms with Gasteiger partial charge in [-0.05, 0) is 109 Å². The Morgan fingerprint density at radius 1 is 0.309 bits per heavy atom. The van der Waals surface area contributed by atoms with Gasteiger partial charge in [0.25, 0.3) is 0 Å². The summed E-state index contributed by atoms with van der Waals surface area (Å²) in [5, 5.41) is 10.6. The molecule has 5 atom stereocenters. The van der Waals surface area contributed by atoms with Gasteiger partial charge in [0.1, 0.15) is 19.3 Å². The van der Waals surface area contributed by atoms with Crippen molar-refractivity contribution in [2.75, 3.05) is 39.6 Å². The summed E-state index contributed by atoms with van der Waals surface area (Å²) in [4.78, 5) is 72.7. The molecule has 0 amide bonds. The third-order valence-electron chi connectivity index (χ3n) is 15.3. The van der Waals surface area contributed by atoms with Crippen LogP contribution in [0.4, 0.5) is 0 Å². The van der Waals surface area contributed by atoms with E-state index in [1.54, 1.807) is 0 Å². The highest BCUT2D eigenvalue weighted by Gasteiger charge is 2.30. The molecule has 17 nitrogen and oxygen atoms in total. The smallest absolute Gasteiger partial charge is 0.462 e. The van der Waals surface area contributed by atoms with Crippen LogP contribution in [0.1, 0.15) is 310 Å². The molecule has 0 radical (unpaired) electrons.